The molecule has 2 saturated heterocycles. The summed E-state index contributed by atoms with van der Waals surface area (Å²) in [4.78, 5) is 9.29. The second kappa shape index (κ2) is 8.45. The highest BCUT2D eigenvalue weighted by atomic mass is 79.9. The highest BCUT2D eigenvalue weighted by molar-refractivity contribution is 9.10. The molecule has 0 radical (unpaired) electrons. The van der Waals surface area contributed by atoms with Gasteiger partial charge < -0.3 is 14.5 Å². The fourth-order valence-corrected chi connectivity index (χ4v) is 5.10. The highest BCUT2D eigenvalue weighted by Gasteiger charge is 2.26. The number of halogens is 1. The molecule has 0 aliphatic carbocycles. The van der Waals surface area contributed by atoms with Crippen molar-refractivity contribution in [1.82, 2.24) is 34.2 Å². The van der Waals surface area contributed by atoms with Gasteiger partial charge in [-0.25, -0.2) is 9.20 Å². The van der Waals surface area contributed by atoms with Crippen LogP contribution in [0.4, 0.5) is 11.6 Å². The number of hydrogen-bond acceptors (Lipinski definition) is 7. The van der Waals surface area contributed by atoms with Crippen molar-refractivity contribution >= 4 is 33.1 Å². The number of anilines is 2. The molecule has 172 valence electrons. The van der Waals surface area contributed by atoms with Gasteiger partial charge in [-0.1, -0.05) is 6.07 Å². The van der Waals surface area contributed by atoms with Crippen molar-refractivity contribution in [1.29, 1.82) is 0 Å². The fourth-order valence-electron chi connectivity index (χ4n) is 4.63. The summed E-state index contributed by atoms with van der Waals surface area (Å²) in [5.41, 5.74) is 4.45. The monoisotopic (exact) mass is 511 g/mol. The molecule has 1 atom stereocenters. The molecule has 6 rings (SSSR count). The molecule has 0 N–H and O–H groups in total. The lowest BCUT2D eigenvalue weighted by atomic mass is 10.1. The number of hydrogen-bond donors (Lipinski definition) is 0. The highest BCUT2D eigenvalue weighted by Crippen LogP contribution is 2.29. The molecule has 11 heteroatoms. The molecule has 0 aromatic carbocycles. The largest absolute Gasteiger partial charge is 0.365 e. The Labute approximate surface area is 199 Å². The lowest BCUT2D eigenvalue weighted by Gasteiger charge is -2.35. The summed E-state index contributed by atoms with van der Waals surface area (Å²) in [7, 11) is 1.93. The summed E-state index contributed by atoms with van der Waals surface area (Å²) in [5, 5.41) is 13.6. The summed E-state index contributed by atoms with van der Waals surface area (Å²) in [6, 6.07) is 4.27. The maximum absolute atomic E-state index is 5.88. The van der Waals surface area contributed by atoms with Gasteiger partial charge in [-0.15, -0.1) is 5.10 Å². The van der Waals surface area contributed by atoms with Crippen LogP contribution in [0.25, 0.3) is 16.6 Å². The minimum Gasteiger partial charge on any atom is -0.365 e. The second-order valence-corrected chi connectivity index (χ2v) is 9.31. The predicted molar refractivity (Wildman–Crippen MR) is 128 cm³/mol. The zero-order valence-corrected chi connectivity index (χ0v) is 20.1. The zero-order chi connectivity index (χ0) is 22.4. The summed E-state index contributed by atoms with van der Waals surface area (Å²) in [5.74, 6) is 0.761. The maximum Gasteiger partial charge on any atom is 0.245 e. The average molecular weight is 512 g/mol. The van der Waals surface area contributed by atoms with Gasteiger partial charge >= 0.3 is 0 Å². The van der Waals surface area contributed by atoms with Crippen molar-refractivity contribution in [2.24, 2.45) is 7.05 Å². The van der Waals surface area contributed by atoms with E-state index in [-0.39, 0.29) is 6.23 Å². The summed E-state index contributed by atoms with van der Waals surface area (Å²) in [6.45, 7) is 4.27. The molecule has 6 heterocycles. The minimum atomic E-state index is -0.0222. The van der Waals surface area contributed by atoms with Crippen LogP contribution in [0.15, 0.2) is 41.7 Å². The number of nitrogens with zero attached hydrogens (tertiary/aromatic N) is 9. The smallest absolute Gasteiger partial charge is 0.245 e. The van der Waals surface area contributed by atoms with Crippen LogP contribution < -0.4 is 9.80 Å². The lowest BCUT2D eigenvalue weighted by molar-refractivity contribution is -0.0410. The van der Waals surface area contributed by atoms with Crippen molar-refractivity contribution in [3.8, 4) is 11.1 Å². The first-order valence-electron chi connectivity index (χ1n) is 11.4. The standard InChI is InChI=1S/C22H26BrN9O/c1-28-14-17(12-24-28)16-5-6-18-19(13-25-31(18)15-16)29-7-9-30(10-8-29)22-26-21(23)32(27-22)20-4-2-3-11-33-20/h5-6,12-15,20H,2-4,7-11H2,1H3. The first-order valence-corrected chi connectivity index (χ1v) is 12.1. The molecule has 0 bridgehead atoms. The van der Waals surface area contributed by atoms with E-state index in [4.69, 9.17) is 9.84 Å². The molecule has 1 unspecified atom stereocenters. The molecule has 0 amide bonds. The minimum absolute atomic E-state index is 0.0222. The summed E-state index contributed by atoms with van der Waals surface area (Å²) in [6.07, 6.45) is 11.1. The van der Waals surface area contributed by atoms with Crippen molar-refractivity contribution < 1.29 is 4.74 Å². The fraction of sp³-hybridized carbons (Fsp3) is 0.455. The third-order valence-electron chi connectivity index (χ3n) is 6.44. The molecule has 10 nitrogen and oxygen atoms in total. The summed E-state index contributed by atoms with van der Waals surface area (Å²) < 4.78 is 12.3. The van der Waals surface area contributed by atoms with Crippen molar-refractivity contribution in [3.63, 3.8) is 0 Å². The third kappa shape index (κ3) is 3.89. The molecule has 4 aromatic rings. The van der Waals surface area contributed by atoms with E-state index < -0.39 is 0 Å². The van der Waals surface area contributed by atoms with Crippen LogP contribution in [0, 0.1) is 0 Å². The van der Waals surface area contributed by atoms with Gasteiger partial charge in [0.05, 0.1) is 23.6 Å². The van der Waals surface area contributed by atoms with Gasteiger partial charge in [0, 0.05) is 63.4 Å². The second-order valence-electron chi connectivity index (χ2n) is 8.60. The van der Waals surface area contributed by atoms with Crippen molar-refractivity contribution in [3.05, 3.63) is 41.7 Å². The van der Waals surface area contributed by atoms with Crippen LogP contribution in [0.3, 0.4) is 0 Å². The van der Waals surface area contributed by atoms with E-state index in [1.165, 1.54) is 0 Å². The van der Waals surface area contributed by atoms with E-state index in [2.05, 4.69) is 59.2 Å². The number of pyridine rings is 1. The van der Waals surface area contributed by atoms with Gasteiger partial charge in [-0.05, 0) is 41.3 Å². The molecule has 0 saturated carbocycles. The normalized spacial score (nSPS) is 19.5. The van der Waals surface area contributed by atoms with Gasteiger partial charge in [0.15, 0.2) is 11.0 Å². The molecule has 2 aliphatic heterocycles. The van der Waals surface area contributed by atoms with E-state index in [1.54, 1.807) is 0 Å². The number of fused-ring (bicyclic) bond motifs is 1. The van der Waals surface area contributed by atoms with Gasteiger partial charge in [-0.3, -0.25) is 4.68 Å². The van der Waals surface area contributed by atoms with Crippen LogP contribution in [0.1, 0.15) is 25.5 Å². The van der Waals surface area contributed by atoms with Crippen LogP contribution in [0.2, 0.25) is 0 Å². The Morgan fingerprint density at radius 1 is 0.970 bits per heavy atom. The average Bonchev–Trinajstić information content (AvgIpc) is 3.57. The molecule has 4 aromatic heterocycles. The van der Waals surface area contributed by atoms with E-state index in [0.29, 0.717) is 0 Å². The summed E-state index contributed by atoms with van der Waals surface area (Å²) >= 11 is 3.57. The van der Waals surface area contributed by atoms with Crippen LogP contribution in [-0.4, -0.2) is 66.9 Å². The third-order valence-corrected chi connectivity index (χ3v) is 6.98. The van der Waals surface area contributed by atoms with Gasteiger partial charge in [-0.2, -0.15) is 15.2 Å². The van der Waals surface area contributed by atoms with E-state index in [0.717, 1.165) is 85.1 Å². The van der Waals surface area contributed by atoms with Crippen LogP contribution in [0.5, 0.6) is 0 Å². The van der Waals surface area contributed by atoms with Gasteiger partial charge in [0.1, 0.15) is 0 Å². The first kappa shape index (κ1) is 20.7. The number of aromatic nitrogens is 7. The first-order chi connectivity index (χ1) is 16.2. The van der Waals surface area contributed by atoms with Gasteiger partial charge in [0.2, 0.25) is 5.95 Å². The van der Waals surface area contributed by atoms with Crippen molar-refractivity contribution in [2.75, 3.05) is 42.6 Å². The number of rotatable bonds is 4. The van der Waals surface area contributed by atoms with E-state index in [1.807, 2.05) is 39.5 Å². The molecule has 0 spiro atoms. The van der Waals surface area contributed by atoms with Crippen LogP contribution >= 0.6 is 15.9 Å². The molecular weight excluding hydrogens is 486 g/mol. The molecule has 33 heavy (non-hydrogen) atoms. The zero-order valence-electron chi connectivity index (χ0n) is 18.5. The maximum atomic E-state index is 5.88. The van der Waals surface area contributed by atoms with E-state index in [9.17, 15) is 0 Å². The van der Waals surface area contributed by atoms with Crippen LogP contribution in [-0.2, 0) is 11.8 Å². The number of aryl methyl sites for hydroxylation is 1. The number of ether oxygens (including phenoxy) is 1. The Balaban J connectivity index is 1.16. The Kier molecular flexibility index (Phi) is 5.30. The van der Waals surface area contributed by atoms with E-state index >= 15 is 0 Å². The van der Waals surface area contributed by atoms with Crippen molar-refractivity contribution in [2.45, 2.75) is 25.5 Å². The Morgan fingerprint density at radius 2 is 1.82 bits per heavy atom. The molecule has 2 fully saturated rings. The Morgan fingerprint density at radius 3 is 2.58 bits per heavy atom. The molecule has 2 aliphatic rings. The number of piperazine rings is 1. The Hall–Kier alpha value is -2.92. The lowest BCUT2D eigenvalue weighted by Crippen LogP contribution is -2.47. The topological polar surface area (TPSA) is 81.5 Å². The van der Waals surface area contributed by atoms with Gasteiger partial charge in [0.25, 0.3) is 0 Å². The quantitative estimate of drug-likeness (QED) is 0.416. The Bertz CT molecular complexity index is 1260. The SMILES string of the molecule is Cn1cc(-c2ccc3c(N4CCN(c5nc(Br)n(C6CCCCO6)n5)CC4)cnn3c2)cn1. The molecular formula is C22H26BrN9O. The predicted octanol–water partition coefficient (Wildman–Crippen LogP) is 3.11.